The van der Waals surface area contributed by atoms with Gasteiger partial charge in [-0.05, 0) is 73.1 Å². The highest BCUT2D eigenvalue weighted by Crippen LogP contribution is 2.40. The molecule has 0 bridgehead atoms. The van der Waals surface area contributed by atoms with Crippen molar-refractivity contribution in [3.63, 3.8) is 0 Å². The molecule has 0 saturated carbocycles. The zero-order chi connectivity index (χ0) is 33.6. The first-order chi connectivity index (χ1) is 22.4. The Kier molecular flexibility index (Phi) is 17.9. The lowest BCUT2D eigenvalue weighted by molar-refractivity contribution is 0.214. The van der Waals surface area contributed by atoms with Crippen molar-refractivity contribution in [3.8, 4) is 11.5 Å². The van der Waals surface area contributed by atoms with Gasteiger partial charge >= 0.3 is 0 Å². The Morgan fingerprint density at radius 3 is 1.46 bits per heavy atom. The van der Waals surface area contributed by atoms with Crippen LogP contribution in [0.3, 0.4) is 0 Å². The minimum absolute atomic E-state index is 0.357. The molecule has 0 spiro atoms. The fourth-order valence-corrected chi connectivity index (χ4v) is 4.79. The number of hydrogen-bond acceptors (Lipinski definition) is 5. The van der Waals surface area contributed by atoms with Gasteiger partial charge in [-0.2, -0.15) is 0 Å². The van der Waals surface area contributed by atoms with E-state index >= 15 is 0 Å². The van der Waals surface area contributed by atoms with Gasteiger partial charge in [-0.3, -0.25) is 0 Å². The van der Waals surface area contributed by atoms with Crippen LogP contribution in [0.1, 0.15) is 101 Å². The minimum atomic E-state index is -0.392. The summed E-state index contributed by atoms with van der Waals surface area (Å²) in [5.41, 5.74) is 5.99. The Morgan fingerprint density at radius 1 is 0.587 bits per heavy atom. The Bertz CT molecular complexity index is 1330. The normalized spacial score (nSPS) is 12.0. The largest absolute Gasteiger partial charge is 0.497 e. The zero-order valence-corrected chi connectivity index (χ0v) is 29.1. The van der Waals surface area contributed by atoms with Crippen molar-refractivity contribution in [2.75, 3.05) is 13.2 Å². The molecule has 0 amide bonds. The van der Waals surface area contributed by atoms with E-state index in [1.54, 1.807) is 37.0 Å². The van der Waals surface area contributed by atoms with Crippen LogP contribution in [0.5, 0.6) is 11.5 Å². The summed E-state index contributed by atoms with van der Waals surface area (Å²) < 4.78 is 30.6. The predicted molar refractivity (Wildman–Crippen MR) is 192 cm³/mol. The van der Waals surface area contributed by atoms with Crippen molar-refractivity contribution in [1.82, 2.24) is 0 Å². The molecule has 250 valence electrons. The summed E-state index contributed by atoms with van der Waals surface area (Å²) in [6, 6.07) is 8.93. The summed E-state index contributed by atoms with van der Waals surface area (Å²) in [7, 11) is 0. The van der Waals surface area contributed by atoms with Crippen LogP contribution in [0.25, 0.3) is 0 Å². The lowest BCUT2D eigenvalue weighted by Crippen LogP contribution is -2.21. The van der Waals surface area contributed by atoms with Crippen LogP contribution in [0.15, 0.2) is 98.7 Å². The summed E-state index contributed by atoms with van der Waals surface area (Å²) >= 11 is 0. The highest BCUT2D eigenvalue weighted by molar-refractivity contribution is 5.53. The Morgan fingerprint density at radius 2 is 1.02 bits per heavy atom. The van der Waals surface area contributed by atoms with Crippen LogP contribution in [0.2, 0.25) is 0 Å². The molecule has 0 aliphatic carbocycles. The number of hydrogen-bond donors (Lipinski definition) is 0. The van der Waals surface area contributed by atoms with Crippen molar-refractivity contribution in [2.24, 2.45) is 0 Å². The monoisotopic (exact) mass is 628 g/mol. The van der Waals surface area contributed by atoms with Gasteiger partial charge in [-0.25, -0.2) is 0 Å². The minimum Gasteiger partial charge on any atom is -0.497 e. The number of ether oxygens (including phenoxy) is 5. The van der Waals surface area contributed by atoms with Gasteiger partial charge in [0.05, 0.1) is 32.0 Å². The van der Waals surface area contributed by atoms with Crippen molar-refractivity contribution in [2.45, 2.75) is 98.9 Å². The standard InChI is InChI=1S/C41H56O5/c1-9-15-19-20-33-26-37(27-34(30-42-23-16-10-2)39(33)45-21-13-5)41(7,8)38-28-35(31-43-24-17-11-3)40(46-22-14-6)36(29-38)32-44-25-18-12-4/h9,11,15-19,23-29H,1,3,10,12-14,20-22,30-32H2,2,4-8H3. The smallest absolute Gasteiger partial charge is 0.132 e. The molecule has 0 aliphatic heterocycles. The van der Waals surface area contributed by atoms with E-state index in [1.165, 1.54) is 0 Å². The average Bonchev–Trinajstić information content (AvgIpc) is 3.05. The van der Waals surface area contributed by atoms with Gasteiger partial charge in [0.2, 0.25) is 0 Å². The van der Waals surface area contributed by atoms with Crippen LogP contribution < -0.4 is 9.47 Å². The molecule has 0 aliphatic rings. The predicted octanol–water partition coefficient (Wildman–Crippen LogP) is 11.0. The Hall–Kier alpha value is -4.12. The van der Waals surface area contributed by atoms with Gasteiger partial charge in [-0.15, -0.1) is 0 Å². The molecular weight excluding hydrogens is 572 g/mol. The SMILES string of the molecule is C=CC=CCc1cc(C(C)(C)c2cc(COC=CC=C)c(OCCC)c(COC=CCC)c2)cc(COC=CCC)c1OCCC. The molecule has 2 aromatic rings. The quantitative estimate of drug-likeness (QED) is 0.0905. The molecule has 0 atom stereocenters. The molecule has 0 unspecified atom stereocenters. The maximum atomic E-state index is 6.37. The van der Waals surface area contributed by atoms with E-state index in [2.05, 4.69) is 85.0 Å². The van der Waals surface area contributed by atoms with Crippen molar-refractivity contribution in [3.05, 3.63) is 132 Å². The molecule has 2 rings (SSSR count). The molecule has 0 saturated heterocycles. The first-order valence-electron chi connectivity index (χ1n) is 16.7. The maximum Gasteiger partial charge on any atom is 0.132 e. The summed E-state index contributed by atoms with van der Waals surface area (Å²) in [5, 5.41) is 0. The number of benzene rings is 2. The fraction of sp³-hybridized carbons (Fsp3) is 0.415. The third-order valence-electron chi connectivity index (χ3n) is 7.32. The highest BCUT2D eigenvalue weighted by Gasteiger charge is 2.28. The van der Waals surface area contributed by atoms with Crippen LogP contribution in [0.4, 0.5) is 0 Å². The third kappa shape index (κ3) is 12.0. The van der Waals surface area contributed by atoms with E-state index in [0.717, 1.165) is 70.6 Å². The van der Waals surface area contributed by atoms with Gasteiger partial charge in [0.1, 0.15) is 31.3 Å². The first-order valence-corrected chi connectivity index (χ1v) is 16.7. The molecule has 0 heterocycles. The molecule has 46 heavy (non-hydrogen) atoms. The van der Waals surface area contributed by atoms with Gasteiger partial charge in [0.25, 0.3) is 0 Å². The second-order valence-electron chi connectivity index (χ2n) is 11.5. The molecule has 0 N–H and O–H groups in total. The molecule has 0 aromatic heterocycles. The van der Waals surface area contributed by atoms with Gasteiger partial charge in [-0.1, -0.05) is 97.2 Å². The molecule has 5 heteroatoms. The highest BCUT2D eigenvalue weighted by atomic mass is 16.5. The molecule has 0 fully saturated rings. The molecule has 5 nitrogen and oxygen atoms in total. The second-order valence-corrected chi connectivity index (χ2v) is 11.5. The number of rotatable bonds is 23. The summed E-state index contributed by atoms with van der Waals surface area (Å²) in [6.45, 7) is 22.9. The topological polar surface area (TPSA) is 46.2 Å². The van der Waals surface area contributed by atoms with E-state index in [9.17, 15) is 0 Å². The lowest BCUT2D eigenvalue weighted by Gasteiger charge is -2.30. The van der Waals surface area contributed by atoms with Crippen LogP contribution in [-0.4, -0.2) is 13.2 Å². The summed E-state index contributed by atoms with van der Waals surface area (Å²) in [5.74, 6) is 1.71. The van der Waals surface area contributed by atoms with E-state index in [0.29, 0.717) is 39.5 Å². The molecule has 0 radical (unpaired) electrons. The van der Waals surface area contributed by atoms with Crippen LogP contribution >= 0.6 is 0 Å². The Balaban J connectivity index is 2.78. The van der Waals surface area contributed by atoms with Gasteiger partial charge < -0.3 is 23.7 Å². The van der Waals surface area contributed by atoms with E-state index in [4.69, 9.17) is 23.7 Å². The van der Waals surface area contributed by atoms with Gasteiger partial charge in [0.15, 0.2) is 0 Å². The zero-order valence-electron chi connectivity index (χ0n) is 29.1. The van der Waals surface area contributed by atoms with Crippen LogP contribution in [-0.2, 0) is 45.9 Å². The van der Waals surface area contributed by atoms with Crippen molar-refractivity contribution < 1.29 is 23.7 Å². The number of allylic oxidation sites excluding steroid dienone is 7. The van der Waals surface area contributed by atoms with Crippen molar-refractivity contribution >= 4 is 0 Å². The van der Waals surface area contributed by atoms with E-state index in [-0.39, 0.29) is 0 Å². The summed E-state index contributed by atoms with van der Waals surface area (Å²) in [4.78, 5) is 0. The average molecular weight is 629 g/mol. The van der Waals surface area contributed by atoms with E-state index in [1.807, 2.05) is 18.2 Å². The third-order valence-corrected chi connectivity index (χ3v) is 7.32. The Labute approximate surface area is 279 Å². The fourth-order valence-electron chi connectivity index (χ4n) is 4.79. The van der Waals surface area contributed by atoms with E-state index < -0.39 is 5.41 Å². The molecular formula is C41H56O5. The lowest BCUT2D eigenvalue weighted by atomic mass is 9.75. The van der Waals surface area contributed by atoms with Crippen molar-refractivity contribution in [1.29, 1.82) is 0 Å². The van der Waals surface area contributed by atoms with Gasteiger partial charge in [0, 0.05) is 22.1 Å². The maximum absolute atomic E-state index is 6.37. The molecule has 2 aromatic carbocycles. The van der Waals surface area contributed by atoms with Crippen LogP contribution in [0, 0.1) is 0 Å². The summed E-state index contributed by atoms with van der Waals surface area (Å²) in [6.07, 6.45) is 23.0. The first kappa shape index (κ1) is 38.1. The second kappa shape index (κ2) is 21.6.